The molecule has 206 valence electrons. The van der Waals surface area contributed by atoms with Gasteiger partial charge < -0.3 is 4.90 Å². The lowest BCUT2D eigenvalue weighted by atomic mass is 9.94. The highest BCUT2D eigenvalue weighted by Crippen LogP contribution is 2.33. The van der Waals surface area contributed by atoms with Crippen molar-refractivity contribution in [2.45, 2.75) is 52.2 Å². The smallest absolute Gasteiger partial charge is 0.255 e. The lowest BCUT2D eigenvalue weighted by Gasteiger charge is -2.32. The summed E-state index contributed by atoms with van der Waals surface area (Å²) in [4.78, 5) is 24.7. The number of benzene rings is 2. The molecule has 0 N–H and O–H groups in total. The van der Waals surface area contributed by atoms with Crippen molar-refractivity contribution in [3.8, 4) is 0 Å². The van der Waals surface area contributed by atoms with E-state index in [1.807, 2.05) is 61.2 Å². The number of aryl methyl sites for hydroxylation is 1. The minimum absolute atomic E-state index is 0.0733. The standard InChI is InChI=1S/C33H34F2N4O/c1-21(2)12-13-28(25-8-7-9-27(35)19-25)31-22(3)18-26(20-36-31)33(40)38-16-14-24(15-17-38)32-37-29-10-5-6-11-30(29)39(32)23(4)34/h5-11,13,18-20,23-24H,1,12,14-17H2,2-4H3/b28-13-. The van der Waals surface area contributed by atoms with E-state index in [9.17, 15) is 13.6 Å². The third kappa shape index (κ3) is 5.60. The molecule has 2 aromatic carbocycles. The van der Waals surface area contributed by atoms with Crippen molar-refractivity contribution in [1.29, 1.82) is 0 Å². The van der Waals surface area contributed by atoms with Crippen LogP contribution in [0.3, 0.4) is 0 Å². The number of hydrogen-bond donors (Lipinski definition) is 0. The summed E-state index contributed by atoms with van der Waals surface area (Å²) < 4.78 is 30.3. The van der Waals surface area contributed by atoms with E-state index in [2.05, 4.69) is 11.6 Å². The van der Waals surface area contributed by atoms with E-state index in [0.29, 0.717) is 43.6 Å². The summed E-state index contributed by atoms with van der Waals surface area (Å²) in [5.74, 6) is 0.426. The zero-order valence-corrected chi connectivity index (χ0v) is 23.2. The van der Waals surface area contributed by atoms with Gasteiger partial charge in [0.05, 0.1) is 22.3 Å². The molecule has 4 aromatic rings. The van der Waals surface area contributed by atoms with E-state index in [1.165, 1.54) is 19.1 Å². The number of likely N-dealkylation sites (tertiary alicyclic amines) is 1. The van der Waals surface area contributed by atoms with Crippen LogP contribution >= 0.6 is 0 Å². The second-order valence-electron chi connectivity index (χ2n) is 10.6. The number of amides is 1. The van der Waals surface area contributed by atoms with Gasteiger partial charge in [-0.1, -0.05) is 42.5 Å². The predicted molar refractivity (Wildman–Crippen MR) is 155 cm³/mol. The first-order chi connectivity index (χ1) is 19.2. The van der Waals surface area contributed by atoms with E-state index < -0.39 is 6.30 Å². The Kier molecular flexibility index (Phi) is 7.92. The molecule has 1 aliphatic rings. The fourth-order valence-electron chi connectivity index (χ4n) is 5.51. The molecule has 0 spiro atoms. The molecule has 2 aromatic heterocycles. The van der Waals surface area contributed by atoms with Crippen LogP contribution in [0.4, 0.5) is 8.78 Å². The third-order valence-corrected chi connectivity index (χ3v) is 7.50. The summed E-state index contributed by atoms with van der Waals surface area (Å²) in [7, 11) is 0. The normalized spacial score (nSPS) is 15.4. The topological polar surface area (TPSA) is 51.0 Å². The number of nitrogens with zero attached hydrogens (tertiary/aromatic N) is 4. The number of carbonyl (C=O) groups is 1. The number of pyridine rings is 1. The van der Waals surface area contributed by atoms with Gasteiger partial charge in [-0.3, -0.25) is 14.3 Å². The van der Waals surface area contributed by atoms with Gasteiger partial charge >= 0.3 is 0 Å². The molecule has 0 saturated carbocycles. The summed E-state index contributed by atoms with van der Waals surface area (Å²) in [6, 6.07) is 15.9. The number of halogens is 2. The summed E-state index contributed by atoms with van der Waals surface area (Å²) in [5.41, 5.74) is 6.17. The minimum Gasteiger partial charge on any atom is -0.339 e. The third-order valence-electron chi connectivity index (χ3n) is 7.50. The number of piperidine rings is 1. The van der Waals surface area contributed by atoms with Crippen LogP contribution in [0, 0.1) is 12.7 Å². The van der Waals surface area contributed by atoms with Crippen molar-refractivity contribution in [1.82, 2.24) is 19.4 Å². The molecule has 7 heteroatoms. The van der Waals surface area contributed by atoms with Gasteiger partial charge in [0, 0.05) is 30.8 Å². The fourth-order valence-corrected chi connectivity index (χ4v) is 5.51. The quantitative estimate of drug-likeness (QED) is 0.225. The number of rotatable bonds is 7. The van der Waals surface area contributed by atoms with Crippen LogP contribution in [-0.4, -0.2) is 38.4 Å². The molecule has 0 aliphatic carbocycles. The Bertz CT molecular complexity index is 1600. The zero-order valence-electron chi connectivity index (χ0n) is 23.2. The lowest BCUT2D eigenvalue weighted by molar-refractivity contribution is 0.0708. The lowest BCUT2D eigenvalue weighted by Crippen LogP contribution is -2.38. The predicted octanol–water partition coefficient (Wildman–Crippen LogP) is 7.78. The molecule has 3 heterocycles. The van der Waals surface area contributed by atoms with Crippen molar-refractivity contribution >= 4 is 22.5 Å². The van der Waals surface area contributed by atoms with Gasteiger partial charge in [-0.15, -0.1) is 0 Å². The van der Waals surface area contributed by atoms with E-state index in [-0.39, 0.29) is 17.6 Å². The Morgan fingerprint density at radius 3 is 2.55 bits per heavy atom. The Labute approximate surface area is 233 Å². The first kappa shape index (κ1) is 27.4. The summed E-state index contributed by atoms with van der Waals surface area (Å²) in [6.07, 6.45) is 4.48. The number of alkyl halides is 1. The average molecular weight is 541 g/mol. The average Bonchev–Trinajstić information content (AvgIpc) is 3.33. The molecule has 40 heavy (non-hydrogen) atoms. The molecule has 0 bridgehead atoms. The van der Waals surface area contributed by atoms with E-state index in [0.717, 1.165) is 39.1 Å². The van der Waals surface area contributed by atoms with Gasteiger partial charge in [-0.2, -0.15) is 0 Å². The number of imidazole rings is 1. The molecule has 1 atom stereocenters. The second-order valence-corrected chi connectivity index (χ2v) is 10.6. The Balaban J connectivity index is 1.34. The molecule has 1 aliphatic heterocycles. The van der Waals surface area contributed by atoms with Gasteiger partial charge in [-0.05, 0) is 81.5 Å². The highest BCUT2D eigenvalue weighted by atomic mass is 19.1. The van der Waals surface area contributed by atoms with Crippen LogP contribution in [0.5, 0.6) is 0 Å². The molecular weight excluding hydrogens is 506 g/mol. The maximum atomic E-state index is 14.6. The molecule has 1 unspecified atom stereocenters. The van der Waals surface area contributed by atoms with E-state index in [1.54, 1.807) is 16.8 Å². The highest BCUT2D eigenvalue weighted by molar-refractivity contribution is 5.94. The molecule has 1 fully saturated rings. The SMILES string of the molecule is C=C(C)C/C=C(/c1cccc(F)c1)c1ncc(C(=O)N2CCC(c3nc4ccccc4n3C(C)F)CC2)cc1C. The first-order valence-corrected chi connectivity index (χ1v) is 13.7. The number of allylic oxidation sites excluding steroid dienone is 2. The Hall–Kier alpha value is -4.13. The number of carbonyl (C=O) groups excluding carboxylic acids is 1. The van der Waals surface area contributed by atoms with Gasteiger partial charge in [0.15, 0.2) is 6.30 Å². The van der Waals surface area contributed by atoms with Gasteiger partial charge in [-0.25, -0.2) is 13.8 Å². The van der Waals surface area contributed by atoms with Gasteiger partial charge in [0.25, 0.3) is 5.91 Å². The van der Waals surface area contributed by atoms with Crippen molar-refractivity contribution in [2.75, 3.05) is 13.1 Å². The molecule has 1 amide bonds. The van der Waals surface area contributed by atoms with Crippen LogP contribution in [0.15, 0.2) is 79.0 Å². The van der Waals surface area contributed by atoms with Gasteiger partial charge in [0.2, 0.25) is 0 Å². The minimum atomic E-state index is -1.18. The van der Waals surface area contributed by atoms with Crippen molar-refractivity contribution in [3.63, 3.8) is 0 Å². The molecule has 5 nitrogen and oxygen atoms in total. The molecule has 5 rings (SSSR count). The molecule has 1 saturated heterocycles. The second kappa shape index (κ2) is 11.5. The van der Waals surface area contributed by atoms with Gasteiger partial charge in [0.1, 0.15) is 11.6 Å². The van der Waals surface area contributed by atoms with E-state index in [4.69, 9.17) is 4.98 Å². The Morgan fingerprint density at radius 1 is 1.12 bits per heavy atom. The summed E-state index contributed by atoms with van der Waals surface area (Å²) in [6.45, 7) is 10.5. The fraction of sp³-hybridized carbons (Fsp3) is 0.303. The van der Waals surface area contributed by atoms with Crippen LogP contribution in [0.25, 0.3) is 16.6 Å². The monoisotopic (exact) mass is 540 g/mol. The molecule has 0 radical (unpaired) electrons. The van der Waals surface area contributed by atoms with Crippen molar-refractivity contribution in [2.24, 2.45) is 0 Å². The highest BCUT2D eigenvalue weighted by Gasteiger charge is 2.29. The number of fused-ring (bicyclic) bond motifs is 1. The summed E-state index contributed by atoms with van der Waals surface area (Å²) >= 11 is 0. The van der Waals surface area contributed by atoms with Crippen LogP contribution < -0.4 is 0 Å². The number of aromatic nitrogens is 3. The summed E-state index contributed by atoms with van der Waals surface area (Å²) in [5, 5.41) is 0. The van der Waals surface area contributed by atoms with Crippen molar-refractivity contribution in [3.05, 3.63) is 113 Å². The maximum Gasteiger partial charge on any atom is 0.255 e. The van der Waals surface area contributed by atoms with E-state index >= 15 is 0 Å². The first-order valence-electron chi connectivity index (χ1n) is 13.7. The largest absolute Gasteiger partial charge is 0.339 e. The number of para-hydroxylation sites is 2. The molecular formula is C33H34F2N4O. The van der Waals surface area contributed by atoms with Crippen LogP contribution in [0.2, 0.25) is 0 Å². The van der Waals surface area contributed by atoms with Crippen molar-refractivity contribution < 1.29 is 13.6 Å². The van der Waals surface area contributed by atoms with Crippen LogP contribution in [-0.2, 0) is 0 Å². The number of hydrogen-bond acceptors (Lipinski definition) is 3. The zero-order chi connectivity index (χ0) is 28.4. The maximum absolute atomic E-state index is 14.6. The Morgan fingerprint density at radius 2 is 1.88 bits per heavy atom. The van der Waals surface area contributed by atoms with Crippen LogP contribution in [0.1, 0.15) is 78.3 Å².